The number of rotatable bonds is 2. The largest absolute Gasteiger partial charge is 0.434 e. The van der Waals surface area contributed by atoms with Crippen molar-refractivity contribution in [2.24, 2.45) is 5.92 Å². The summed E-state index contributed by atoms with van der Waals surface area (Å²) in [7, 11) is 2.00. The Bertz CT molecular complexity index is 203. The molecule has 0 radical (unpaired) electrons. The van der Waals surface area contributed by atoms with E-state index in [-0.39, 0.29) is 18.2 Å². The van der Waals surface area contributed by atoms with Crippen molar-refractivity contribution in [3.63, 3.8) is 0 Å². The Labute approximate surface area is 77.8 Å². The molecule has 0 spiro atoms. The lowest BCUT2D eigenvalue weighted by molar-refractivity contribution is -0.194. The second kappa shape index (κ2) is 3.64. The number of hydrogen-bond donors (Lipinski definition) is 0. The first-order valence-electron chi connectivity index (χ1n) is 4.76. The normalized spacial score (nSPS) is 30.1. The Morgan fingerprint density at radius 3 is 2.92 bits per heavy atom. The molecule has 1 heterocycles. The highest BCUT2D eigenvalue weighted by Gasteiger charge is 2.33. The van der Waals surface area contributed by atoms with Crippen molar-refractivity contribution in [1.29, 1.82) is 0 Å². The molecule has 1 aliphatic carbocycles. The second-order valence-corrected chi connectivity index (χ2v) is 3.77. The van der Waals surface area contributed by atoms with E-state index < -0.39 is 0 Å². The van der Waals surface area contributed by atoms with Gasteiger partial charge in [0.05, 0.1) is 19.1 Å². The first-order chi connectivity index (χ1) is 6.25. The number of ether oxygens (including phenoxy) is 2. The van der Waals surface area contributed by atoms with Gasteiger partial charge in [0.25, 0.3) is 0 Å². The molecule has 13 heavy (non-hydrogen) atoms. The molecule has 4 nitrogen and oxygen atoms in total. The molecular formula is C9H15NO3. The van der Waals surface area contributed by atoms with Crippen LogP contribution >= 0.6 is 0 Å². The molecule has 0 bridgehead atoms. The highest BCUT2D eigenvalue weighted by Crippen LogP contribution is 2.30. The van der Waals surface area contributed by atoms with Gasteiger partial charge in [0.15, 0.2) is 0 Å². The number of carbonyl (C=O) groups excluding carboxylic acids is 1. The molecule has 2 fully saturated rings. The molecule has 1 atom stereocenters. The fourth-order valence-electron chi connectivity index (χ4n) is 1.35. The van der Waals surface area contributed by atoms with Crippen LogP contribution in [-0.4, -0.2) is 43.9 Å². The Morgan fingerprint density at radius 2 is 2.31 bits per heavy atom. The van der Waals surface area contributed by atoms with Gasteiger partial charge in [0.1, 0.15) is 0 Å². The van der Waals surface area contributed by atoms with Crippen molar-refractivity contribution in [1.82, 2.24) is 4.90 Å². The van der Waals surface area contributed by atoms with Crippen molar-refractivity contribution in [3.8, 4) is 0 Å². The second-order valence-electron chi connectivity index (χ2n) is 3.77. The third-order valence-corrected chi connectivity index (χ3v) is 2.40. The number of nitrogens with zero attached hydrogens (tertiary/aromatic N) is 1. The predicted molar refractivity (Wildman–Crippen MR) is 46.1 cm³/mol. The molecule has 1 unspecified atom stereocenters. The maximum atomic E-state index is 11.3. The Morgan fingerprint density at radius 1 is 1.54 bits per heavy atom. The smallest absolute Gasteiger partial charge is 0.311 e. The summed E-state index contributed by atoms with van der Waals surface area (Å²) in [6.45, 7) is 2.26. The van der Waals surface area contributed by atoms with Crippen LogP contribution in [0, 0.1) is 5.92 Å². The molecule has 0 amide bonds. The molecule has 2 rings (SSSR count). The molecule has 4 heteroatoms. The Balaban J connectivity index is 1.76. The highest BCUT2D eigenvalue weighted by atomic mass is 16.7. The maximum absolute atomic E-state index is 11.3. The number of likely N-dealkylation sites (N-methyl/N-ethyl adjacent to an activating group) is 1. The van der Waals surface area contributed by atoms with Gasteiger partial charge in [-0.2, -0.15) is 0 Å². The van der Waals surface area contributed by atoms with Crippen LogP contribution in [0.4, 0.5) is 0 Å². The first kappa shape index (κ1) is 8.97. The monoisotopic (exact) mass is 185 g/mol. The topological polar surface area (TPSA) is 38.8 Å². The third-order valence-electron chi connectivity index (χ3n) is 2.40. The van der Waals surface area contributed by atoms with E-state index in [9.17, 15) is 4.79 Å². The molecular weight excluding hydrogens is 170 g/mol. The van der Waals surface area contributed by atoms with Crippen LogP contribution < -0.4 is 0 Å². The van der Waals surface area contributed by atoms with Gasteiger partial charge < -0.3 is 9.47 Å². The summed E-state index contributed by atoms with van der Waals surface area (Å²) in [6, 6.07) is 0. The molecule has 1 aliphatic heterocycles. The van der Waals surface area contributed by atoms with Crippen LogP contribution in [0.15, 0.2) is 0 Å². The zero-order valence-electron chi connectivity index (χ0n) is 7.86. The third kappa shape index (κ3) is 2.42. The van der Waals surface area contributed by atoms with Crippen molar-refractivity contribution >= 4 is 5.97 Å². The fourth-order valence-corrected chi connectivity index (χ4v) is 1.35. The van der Waals surface area contributed by atoms with Crippen LogP contribution in [0.5, 0.6) is 0 Å². The van der Waals surface area contributed by atoms with E-state index >= 15 is 0 Å². The van der Waals surface area contributed by atoms with E-state index in [1.54, 1.807) is 0 Å². The van der Waals surface area contributed by atoms with E-state index in [1.165, 1.54) is 0 Å². The SMILES string of the molecule is CN1CCOC(OC(=O)C2CC2)C1. The average molecular weight is 185 g/mol. The standard InChI is InChI=1S/C9H15NO3/c1-10-4-5-12-8(6-10)13-9(11)7-2-3-7/h7-8H,2-6H2,1H3. The highest BCUT2D eigenvalue weighted by molar-refractivity contribution is 5.75. The fraction of sp³-hybridized carbons (Fsp3) is 0.889. The summed E-state index contributed by atoms with van der Waals surface area (Å²) in [4.78, 5) is 13.4. The van der Waals surface area contributed by atoms with Crippen LogP contribution in [-0.2, 0) is 14.3 Å². The van der Waals surface area contributed by atoms with E-state index in [4.69, 9.17) is 9.47 Å². The lowest BCUT2D eigenvalue weighted by Crippen LogP contribution is -2.42. The molecule has 1 saturated carbocycles. The summed E-state index contributed by atoms with van der Waals surface area (Å²) in [6.07, 6.45) is 1.63. The number of carbonyl (C=O) groups is 1. The van der Waals surface area contributed by atoms with Crippen LogP contribution in [0.1, 0.15) is 12.8 Å². The molecule has 1 saturated heterocycles. The number of esters is 1. The minimum Gasteiger partial charge on any atom is -0.434 e. The molecule has 74 valence electrons. The van der Waals surface area contributed by atoms with E-state index in [1.807, 2.05) is 7.05 Å². The summed E-state index contributed by atoms with van der Waals surface area (Å²) in [5.74, 6) is 0.0798. The van der Waals surface area contributed by atoms with Gasteiger partial charge in [-0.15, -0.1) is 0 Å². The maximum Gasteiger partial charge on any atom is 0.311 e. The van der Waals surface area contributed by atoms with Crippen molar-refractivity contribution in [2.75, 3.05) is 26.7 Å². The van der Waals surface area contributed by atoms with Crippen molar-refractivity contribution in [3.05, 3.63) is 0 Å². The van der Waals surface area contributed by atoms with Gasteiger partial charge in [0.2, 0.25) is 6.29 Å². The summed E-state index contributed by atoms with van der Waals surface area (Å²) < 4.78 is 10.5. The van der Waals surface area contributed by atoms with Gasteiger partial charge in [-0.05, 0) is 19.9 Å². The van der Waals surface area contributed by atoms with Gasteiger partial charge in [0, 0.05) is 6.54 Å². The Hall–Kier alpha value is -0.610. The quantitative estimate of drug-likeness (QED) is 0.577. The van der Waals surface area contributed by atoms with Crippen LogP contribution in [0.3, 0.4) is 0 Å². The molecule has 0 aromatic rings. The molecule has 2 aliphatic rings. The van der Waals surface area contributed by atoms with E-state index in [0.717, 1.165) is 19.4 Å². The first-order valence-corrected chi connectivity index (χ1v) is 4.76. The van der Waals surface area contributed by atoms with Crippen molar-refractivity contribution in [2.45, 2.75) is 19.1 Å². The molecule has 0 N–H and O–H groups in total. The zero-order chi connectivity index (χ0) is 9.26. The molecule has 0 aromatic heterocycles. The average Bonchev–Trinajstić information content (AvgIpc) is 2.85. The number of hydrogen-bond acceptors (Lipinski definition) is 4. The van der Waals surface area contributed by atoms with Gasteiger partial charge >= 0.3 is 5.97 Å². The minimum atomic E-state index is -0.341. The molecule has 0 aromatic carbocycles. The zero-order valence-corrected chi connectivity index (χ0v) is 7.86. The summed E-state index contributed by atoms with van der Waals surface area (Å²) in [5.41, 5.74) is 0. The van der Waals surface area contributed by atoms with Gasteiger partial charge in [-0.3, -0.25) is 9.69 Å². The minimum absolute atomic E-state index is 0.0831. The lowest BCUT2D eigenvalue weighted by Gasteiger charge is -2.29. The van der Waals surface area contributed by atoms with E-state index in [0.29, 0.717) is 13.2 Å². The van der Waals surface area contributed by atoms with E-state index in [2.05, 4.69) is 4.90 Å². The summed E-state index contributed by atoms with van der Waals surface area (Å²) in [5, 5.41) is 0. The van der Waals surface area contributed by atoms with Crippen LogP contribution in [0.2, 0.25) is 0 Å². The van der Waals surface area contributed by atoms with Gasteiger partial charge in [-0.25, -0.2) is 0 Å². The summed E-state index contributed by atoms with van der Waals surface area (Å²) >= 11 is 0. The lowest BCUT2D eigenvalue weighted by atomic mass is 10.4. The Kier molecular flexibility index (Phi) is 2.51. The predicted octanol–water partition coefficient (Wildman–Crippen LogP) is 0.228. The number of morpholine rings is 1. The van der Waals surface area contributed by atoms with Crippen molar-refractivity contribution < 1.29 is 14.3 Å². The van der Waals surface area contributed by atoms with Crippen LogP contribution in [0.25, 0.3) is 0 Å². The van der Waals surface area contributed by atoms with Gasteiger partial charge in [-0.1, -0.05) is 0 Å².